The molecule has 7 nitrogen and oxygen atoms in total. The van der Waals surface area contributed by atoms with E-state index >= 15 is 0 Å². The van der Waals surface area contributed by atoms with Gasteiger partial charge in [-0.15, -0.1) is 11.3 Å². The average Bonchev–Trinajstić information content (AvgIpc) is 3.29. The summed E-state index contributed by atoms with van der Waals surface area (Å²) in [5.74, 6) is -2.20. The lowest BCUT2D eigenvalue weighted by molar-refractivity contribution is -0.120. The third-order valence-corrected chi connectivity index (χ3v) is 8.13. The number of benzene rings is 2. The number of methoxy groups -OCH3 is 1. The molecule has 1 N–H and O–H groups in total. The molecule has 1 fully saturated rings. The van der Waals surface area contributed by atoms with Gasteiger partial charge in [-0.25, -0.2) is 22.2 Å². The van der Waals surface area contributed by atoms with Crippen LogP contribution in [0.4, 0.5) is 13.9 Å². The highest BCUT2D eigenvalue weighted by atomic mass is 32.2. The molecule has 1 aliphatic heterocycles. The minimum absolute atomic E-state index is 0.106. The van der Waals surface area contributed by atoms with E-state index < -0.39 is 21.7 Å². The highest BCUT2D eigenvalue weighted by molar-refractivity contribution is 7.89. The molecule has 0 bridgehead atoms. The van der Waals surface area contributed by atoms with Gasteiger partial charge in [0.15, 0.2) is 16.8 Å². The quantitative estimate of drug-likeness (QED) is 0.558. The second-order valence-electron chi connectivity index (χ2n) is 7.51. The van der Waals surface area contributed by atoms with Gasteiger partial charge in [0.1, 0.15) is 5.75 Å². The maximum absolute atomic E-state index is 13.5. The zero-order chi connectivity index (χ0) is 23.6. The van der Waals surface area contributed by atoms with Crippen LogP contribution in [0.3, 0.4) is 0 Å². The molecule has 1 aliphatic rings. The number of ether oxygens (including phenoxy) is 1. The van der Waals surface area contributed by atoms with E-state index in [4.69, 9.17) is 4.74 Å². The van der Waals surface area contributed by atoms with Crippen molar-refractivity contribution in [3.05, 3.63) is 59.5 Å². The highest BCUT2D eigenvalue weighted by Crippen LogP contribution is 2.29. The molecule has 1 aromatic heterocycles. The molecule has 11 heteroatoms. The Kier molecular flexibility index (Phi) is 6.73. The third-order valence-electron chi connectivity index (χ3n) is 5.47. The maximum Gasteiger partial charge on any atom is 0.243 e. The molecule has 2 heterocycles. The lowest BCUT2D eigenvalue weighted by Gasteiger charge is -2.30. The lowest BCUT2D eigenvalue weighted by Crippen LogP contribution is -2.41. The summed E-state index contributed by atoms with van der Waals surface area (Å²) >= 11 is 1.30. The van der Waals surface area contributed by atoms with Crippen molar-refractivity contribution in [1.29, 1.82) is 0 Å². The predicted octanol–water partition coefficient (Wildman–Crippen LogP) is 4.14. The van der Waals surface area contributed by atoms with Crippen LogP contribution >= 0.6 is 11.3 Å². The van der Waals surface area contributed by atoms with E-state index in [-0.39, 0.29) is 29.8 Å². The number of thiazole rings is 1. The maximum atomic E-state index is 13.5. The minimum Gasteiger partial charge on any atom is -0.497 e. The van der Waals surface area contributed by atoms with Gasteiger partial charge < -0.3 is 10.1 Å². The zero-order valence-corrected chi connectivity index (χ0v) is 19.3. The first-order valence-corrected chi connectivity index (χ1v) is 12.5. The Balaban J connectivity index is 1.36. The van der Waals surface area contributed by atoms with Crippen LogP contribution in [0.5, 0.6) is 5.75 Å². The second kappa shape index (κ2) is 9.54. The van der Waals surface area contributed by atoms with E-state index in [9.17, 15) is 22.0 Å². The van der Waals surface area contributed by atoms with Gasteiger partial charge in [-0.1, -0.05) is 0 Å². The number of carbonyl (C=O) groups excluding carboxylic acids is 1. The molecule has 33 heavy (non-hydrogen) atoms. The van der Waals surface area contributed by atoms with Crippen molar-refractivity contribution < 1.29 is 26.7 Å². The number of carbonyl (C=O) groups is 1. The Morgan fingerprint density at radius 2 is 1.82 bits per heavy atom. The molecule has 0 atom stereocenters. The second-order valence-corrected chi connectivity index (χ2v) is 10.3. The first-order chi connectivity index (χ1) is 15.8. The summed E-state index contributed by atoms with van der Waals surface area (Å²) in [4.78, 5) is 16.8. The van der Waals surface area contributed by atoms with Crippen LogP contribution in [0.1, 0.15) is 12.8 Å². The monoisotopic (exact) mass is 493 g/mol. The van der Waals surface area contributed by atoms with Crippen molar-refractivity contribution in [1.82, 2.24) is 9.29 Å². The summed E-state index contributed by atoms with van der Waals surface area (Å²) in [5.41, 5.74) is 1.62. The number of halogens is 2. The van der Waals surface area contributed by atoms with Crippen LogP contribution < -0.4 is 10.1 Å². The van der Waals surface area contributed by atoms with Crippen LogP contribution in [-0.2, 0) is 14.8 Å². The predicted molar refractivity (Wildman–Crippen MR) is 121 cm³/mol. The number of piperidine rings is 1. The van der Waals surface area contributed by atoms with E-state index in [0.717, 1.165) is 29.1 Å². The fourth-order valence-electron chi connectivity index (χ4n) is 3.58. The Morgan fingerprint density at radius 3 is 2.45 bits per heavy atom. The number of rotatable bonds is 6. The van der Waals surface area contributed by atoms with E-state index in [2.05, 4.69) is 10.3 Å². The molecule has 0 radical (unpaired) electrons. The molecular formula is C22H21F2N3O4S2. The smallest absolute Gasteiger partial charge is 0.243 e. The first kappa shape index (κ1) is 23.3. The number of aromatic nitrogens is 1. The molecule has 2 aromatic carbocycles. The lowest BCUT2D eigenvalue weighted by atomic mass is 9.97. The third kappa shape index (κ3) is 5.05. The van der Waals surface area contributed by atoms with Crippen molar-refractivity contribution in [3.63, 3.8) is 0 Å². The van der Waals surface area contributed by atoms with Gasteiger partial charge in [-0.2, -0.15) is 4.31 Å². The van der Waals surface area contributed by atoms with Crippen molar-refractivity contribution in [2.75, 3.05) is 25.5 Å². The summed E-state index contributed by atoms with van der Waals surface area (Å²) in [6, 6.07) is 9.91. The Morgan fingerprint density at radius 1 is 1.12 bits per heavy atom. The number of sulfonamides is 1. The van der Waals surface area contributed by atoms with Gasteiger partial charge in [-0.3, -0.25) is 4.79 Å². The molecule has 0 spiro atoms. The van der Waals surface area contributed by atoms with Crippen LogP contribution in [0, 0.1) is 17.6 Å². The van der Waals surface area contributed by atoms with Gasteiger partial charge in [-0.05, 0) is 55.3 Å². The molecule has 4 rings (SSSR count). The van der Waals surface area contributed by atoms with Crippen molar-refractivity contribution in [2.45, 2.75) is 17.7 Å². The summed E-state index contributed by atoms with van der Waals surface area (Å²) in [6.07, 6.45) is 0.622. The fourth-order valence-corrected chi connectivity index (χ4v) is 5.78. The Labute approximate surface area is 194 Å². The van der Waals surface area contributed by atoms with E-state index in [0.29, 0.717) is 24.0 Å². The molecule has 1 saturated heterocycles. The van der Waals surface area contributed by atoms with E-state index in [1.54, 1.807) is 7.11 Å². The van der Waals surface area contributed by atoms with Crippen LogP contribution in [0.15, 0.2) is 52.7 Å². The van der Waals surface area contributed by atoms with Gasteiger partial charge in [0.2, 0.25) is 15.9 Å². The number of nitrogens with one attached hydrogen (secondary N) is 1. The van der Waals surface area contributed by atoms with Gasteiger partial charge >= 0.3 is 0 Å². The molecule has 0 aliphatic carbocycles. The van der Waals surface area contributed by atoms with Crippen LogP contribution in [0.2, 0.25) is 0 Å². The molecule has 1 amide bonds. The van der Waals surface area contributed by atoms with Crippen molar-refractivity contribution in [3.8, 4) is 17.0 Å². The van der Waals surface area contributed by atoms with Crippen LogP contribution in [-0.4, -0.2) is 43.8 Å². The summed E-state index contributed by atoms with van der Waals surface area (Å²) in [7, 11) is -2.37. The minimum atomic E-state index is -3.97. The normalized spacial score (nSPS) is 15.4. The van der Waals surface area contributed by atoms with Gasteiger partial charge in [0.05, 0.1) is 17.7 Å². The van der Waals surface area contributed by atoms with Crippen molar-refractivity contribution in [2.24, 2.45) is 5.92 Å². The van der Waals surface area contributed by atoms with Gasteiger partial charge in [0.25, 0.3) is 0 Å². The topological polar surface area (TPSA) is 88.6 Å². The molecule has 0 saturated carbocycles. The number of anilines is 1. The summed E-state index contributed by atoms with van der Waals surface area (Å²) in [5, 5.41) is 5.11. The standard InChI is InChI=1S/C22H21F2N3O4S2/c1-31-16-4-2-14(3-5-16)20-13-32-22(25-20)26-21(28)15-8-10-27(11-9-15)33(29,30)17-6-7-18(23)19(24)12-17/h2-7,12-13,15H,8-11H2,1H3,(H,25,26,28). The van der Waals surface area contributed by atoms with E-state index in [1.165, 1.54) is 15.6 Å². The summed E-state index contributed by atoms with van der Waals surface area (Å²) in [6.45, 7) is 0.211. The van der Waals surface area contributed by atoms with E-state index in [1.807, 2.05) is 29.6 Å². The SMILES string of the molecule is COc1ccc(-c2csc(NC(=O)C3CCN(S(=O)(=O)c4ccc(F)c(F)c4)CC3)n2)cc1. The number of hydrogen-bond donors (Lipinski definition) is 1. The molecular weight excluding hydrogens is 472 g/mol. The average molecular weight is 494 g/mol. The largest absolute Gasteiger partial charge is 0.497 e. The Hall–Kier alpha value is -2.89. The van der Waals surface area contributed by atoms with Gasteiger partial charge in [0, 0.05) is 30.0 Å². The molecule has 174 valence electrons. The van der Waals surface area contributed by atoms with Crippen molar-refractivity contribution >= 4 is 32.4 Å². The number of amides is 1. The number of hydrogen-bond acceptors (Lipinski definition) is 6. The zero-order valence-electron chi connectivity index (χ0n) is 17.6. The first-order valence-electron chi connectivity index (χ1n) is 10.1. The molecule has 0 unspecified atom stereocenters. The fraction of sp³-hybridized carbons (Fsp3) is 0.273. The highest BCUT2D eigenvalue weighted by Gasteiger charge is 2.32. The number of nitrogens with zero attached hydrogens (tertiary/aromatic N) is 2. The summed E-state index contributed by atoms with van der Waals surface area (Å²) < 4.78 is 58.4. The molecule has 3 aromatic rings. The Bertz CT molecular complexity index is 1250. The van der Waals surface area contributed by atoms with Crippen LogP contribution in [0.25, 0.3) is 11.3 Å².